The summed E-state index contributed by atoms with van der Waals surface area (Å²) in [4.78, 5) is 31.3. The quantitative estimate of drug-likeness (QED) is 0.612. The summed E-state index contributed by atoms with van der Waals surface area (Å²) >= 11 is 1.54. The fourth-order valence-corrected chi connectivity index (χ4v) is 4.56. The van der Waals surface area contributed by atoms with Gasteiger partial charge in [-0.3, -0.25) is 14.2 Å². The Morgan fingerprint density at radius 1 is 1.24 bits per heavy atom. The molecule has 0 saturated heterocycles. The Bertz CT molecular complexity index is 1110. The van der Waals surface area contributed by atoms with Crippen LogP contribution in [0.3, 0.4) is 0 Å². The van der Waals surface area contributed by atoms with E-state index < -0.39 is 0 Å². The highest BCUT2D eigenvalue weighted by Crippen LogP contribution is 2.36. The van der Waals surface area contributed by atoms with Crippen molar-refractivity contribution in [3.63, 3.8) is 0 Å². The SMILES string of the molecule is COCCc1nc2sc(C)c(-c3ccc(C)c(C)c3)c2c(=O)n1CCCC(N)=O. The summed E-state index contributed by atoms with van der Waals surface area (Å²) < 4.78 is 6.87. The monoisotopic (exact) mass is 413 g/mol. The molecule has 2 N–H and O–H groups in total. The Morgan fingerprint density at radius 2 is 2.00 bits per heavy atom. The van der Waals surface area contributed by atoms with Crippen LogP contribution in [0.15, 0.2) is 23.0 Å². The molecule has 3 aromatic rings. The molecule has 3 rings (SSSR count). The van der Waals surface area contributed by atoms with E-state index in [9.17, 15) is 9.59 Å². The van der Waals surface area contributed by atoms with Crippen LogP contribution in [0.25, 0.3) is 21.3 Å². The maximum atomic E-state index is 13.5. The summed E-state index contributed by atoms with van der Waals surface area (Å²) in [6, 6.07) is 6.27. The van der Waals surface area contributed by atoms with Crippen molar-refractivity contribution in [2.24, 2.45) is 5.73 Å². The number of nitrogens with zero attached hydrogens (tertiary/aromatic N) is 2. The molecule has 0 aliphatic heterocycles. The molecule has 0 fully saturated rings. The molecule has 1 aromatic carbocycles. The van der Waals surface area contributed by atoms with Crippen LogP contribution in [0.5, 0.6) is 0 Å². The number of aromatic nitrogens is 2. The zero-order chi connectivity index (χ0) is 21.1. The summed E-state index contributed by atoms with van der Waals surface area (Å²) in [5.74, 6) is 0.314. The van der Waals surface area contributed by atoms with E-state index in [0.29, 0.717) is 37.2 Å². The van der Waals surface area contributed by atoms with E-state index >= 15 is 0 Å². The number of rotatable bonds is 8. The first kappa shape index (κ1) is 21.2. The molecule has 0 aliphatic rings. The summed E-state index contributed by atoms with van der Waals surface area (Å²) in [6.07, 6.45) is 1.28. The van der Waals surface area contributed by atoms with Gasteiger partial charge >= 0.3 is 0 Å². The molecule has 6 nitrogen and oxygen atoms in total. The Hall–Kier alpha value is -2.51. The van der Waals surface area contributed by atoms with Crippen LogP contribution in [0, 0.1) is 20.8 Å². The molecule has 0 bridgehead atoms. The van der Waals surface area contributed by atoms with Crippen molar-refractivity contribution < 1.29 is 9.53 Å². The lowest BCUT2D eigenvalue weighted by Gasteiger charge is -2.13. The topological polar surface area (TPSA) is 87.2 Å². The van der Waals surface area contributed by atoms with Crippen molar-refractivity contribution in [3.05, 3.63) is 50.4 Å². The minimum Gasteiger partial charge on any atom is -0.384 e. The Kier molecular flexibility index (Phi) is 6.49. The van der Waals surface area contributed by atoms with Gasteiger partial charge in [-0.1, -0.05) is 18.2 Å². The minimum absolute atomic E-state index is 0.0665. The molecule has 29 heavy (non-hydrogen) atoms. The zero-order valence-electron chi connectivity index (χ0n) is 17.4. The lowest BCUT2D eigenvalue weighted by atomic mass is 9.99. The predicted molar refractivity (Wildman–Crippen MR) is 118 cm³/mol. The van der Waals surface area contributed by atoms with Crippen LogP contribution in [0.2, 0.25) is 0 Å². The molecule has 154 valence electrons. The maximum absolute atomic E-state index is 13.5. The number of nitrogens with two attached hydrogens (primary N) is 1. The summed E-state index contributed by atoms with van der Waals surface area (Å²) in [5, 5.41) is 0.649. The number of methoxy groups -OCH3 is 1. The molecule has 7 heteroatoms. The van der Waals surface area contributed by atoms with E-state index in [1.165, 1.54) is 11.1 Å². The van der Waals surface area contributed by atoms with Gasteiger partial charge in [0.1, 0.15) is 10.7 Å². The molecule has 0 aliphatic carbocycles. The number of fused-ring (bicyclic) bond motifs is 1. The normalized spacial score (nSPS) is 11.3. The summed E-state index contributed by atoms with van der Waals surface area (Å²) in [7, 11) is 1.63. The summed E-state index contributed by atoms with van der Waals surface area (Å²) in [5.41, 5.74) is 9.59. The van der Waals surface area contributed by atoms with E-state index in [4.69, 9.17) is 15.5 Å². The van der Waals surface area contributed by atoms with Gasteiger partial charge in [0.05, 0.1) is 12.0 Å². The molecular formula is C22H27N3O3S. The number of amides is 1. The fourth-order valence-electron chi connectivity index (χ4n) is 3.51. The Labute approximate surface area is 174 Å². The van der Waals surface area contributed by atoms with Crippen LogP contribution in [-0.2, 0) is 22.5 Å². The highest BCUT2D eigenvalue weighted by molar-refractivity contribution is 7.19. The number of aryl methyl sites for hydroxylation is 3. The standard InChI is InChI=1S/C22H27N3O3S/c1-13-7-8-16(12-14(13)2)19-15(3)29-21-20(19)22(27)25(10-5-6-17(23)26)18(24-21)9-11-28-4/h7-8,12H,5-6,9-11H2,1-4H3,(H2,23,26). The third kappa shape index (κ3) is 4.41. The van der Waals surface area contributed by atoms with E-state index in [1.807, 2.05) is 6.92 Å². The fraction of sp³-hybridized carbons (Fsp3) is 0.409. The molecule has 1 amide bonds. The van der Waals surface area contributed by atoms with Crippen molar-refractivity contribution in [1.82, 2.24) is 9.55 Å². The van der Waals surface area contributed by atoms with Crippen molar-refractivity contribution in [2.45, 2.75) is 46.6 Å². The highest BCUT2D eigenvalue weighted by Gasteiger charge is 2.20. The number of benzene rings is 1. The second-order valence-electron chi connectivity index (χ2n) is 7.31. The van der Waals surface area contributed by atoms with E-state index in [1.54, 1.807) is 23.0 Å². The van der Waals surface area contributed by atoms with Gasteiger partial charge in [-0.15, -0.1) is 11.3 Å². The van der Waals surface area contributed by atoms with Crippen LogP contribution in [-0.4, -0.2) is 29.2 Å². The van der Waals surface area contributed by atoms with Crippen LogP contribution in [0.4, 0.5) is 0 Å². The van der Waals surface area contributed by atoms with Crippen LogP contribution >= 0.6 is 11.3 Å². The highest BCUT2D eigenvalue weighted by atomic mass is 32.1. The van der Waals surface area contributed by atoms with Gasteiger partial charge in [0, 0.05) is 36.9 Å². The average molecular weight is 414 g/mol. The first-order chi connectivity index (χ1) is 13.8. The maximum Gasteiger partial charge on any atom is 0.262 e. The number of primary amides is 1. The van der Waals surface area contributed by atoms with Crippen molar-refractivity contribution >= 4 is 27.5 Å². The number of carbonyl (C=O) groups excluding carboxylic acids is 1. The molecule has 2 heterocycles. The molecule has 0 saturated carbocycles. The first-order valence-electron chi connectivity index (χ1n) is 9.71. The smallest absolute Gasteiger partial charge is 0.262 e. The lowest BCUT2D eigenvalue weighted by Crippen LogP contribution is -2.26. The average Bonchev–Trinajstić information content (AvgIpc) is 3.00. The number of thiophene rings is 1. The number of hydrogen-bond donors (Lipinski definition) is 1. The number of carbonyl (C=O) groups is 1. The van der Waals surface area contributed by atoms with Crippen LogP contribution in [0.1, 0.15) is 34.7 Å². The van der Waals surface area contributed by atoms with E-state index in [2.05, 4.69) is 32.0 Å². The zero-order valence-corrected chi connectivity index (χ0v) is 18.2. The number of ether oxygens (including phenoxy) is 1. The molecule has 0 radical (unpaired) electrons. The van der Waals surface area contributed by atoms with Gasteiger partial charge in [0.15, 0.2) is 0 Å². The largest absolute Gasteiger partial charge is 0.384 e. The Morgan fingerprint density at radius 3 is 2.66 bits per heavy atom. The van der Waals surface area contributed by atoms with Crippen molar-refractivity contribution in [2.75, 3.05) is 13.7 Å². The van der Waals surface area contributed by atoms with Gasteiger partial charge in [-0.05, 0) is 43.9 Å². The van der Waals surface area contributed by atoms with Crippen molar-refractivity contribution in [3.8, 4) is 11.1 Å². The molecule has 2 aromatic heterocycles. The lowest BCUT2D eigenvalue weighted by molar-refractivity contribution is -0.118. The first-order valence-corrected chi connectivity index (χ1v) is 10.5. The van der Waals surface area contributed by atoms with E-state index in [-0.39, 0.29) is 17.9 Å². The third-order valence-corrected chi connectivity index (χ3v) is 6.20. The second kappa shape index (κ2) is 8.88. The summed E-state index contributed by atoms with van der Waals surface area (Å²) in [6.45, 7) is 7.06. The number of hydrogen-bond acceptors (Lipinski definition) is 5. The predicted octanol–water partition coefficient (Wildman–Crippen LogP) is 3.50. The molecule has 0 atom stereocenters. The van der Waals surface area contributed by atoms with E-state index in [0.717, 1.165) is 20.8 Å². The molecular weight excluding hydrogens is 386 g/mol. The minimum atomic E-state index is -0.368. The van der Waals surface area contributed by atoms with Gasteiger partial charge in [-0.2, -0.15) is 0 Å². The van der Waals surface area contributed by atoms with Crippen molar-refractivity contribution in [1.29, 1.82) is 0 Å². The Balaban J connectivity index is 2.19. The van der Waals surface area contributed by atoms with Gasteiger partial charge < -0.3 is 10.5 Å². The van der Waals surface area contributed by atoms with Gasteiger partial charge in [0.2, 0.25) is 5.91 Å². The molecule has 0 spiro atoms. The second-order valence-corrected chi connectivity index (χ2v) is 8.51. The third-order valence-electron chi connectivity index (χ3n) is 5.20. The van der Waals surface area contributed by atoms with Gasteiger partial charge in [0.25, 0.3) is 5.56 Å². The molecule has 0 unspecified atom stereocenters. The van der Waals surface area contributed by atoms with Crippen LogP contribution < -0.4 is 11.3 Å². The van der Waals surface area contributed by atoms with Gasteiger partial charge in [-0.25, -0.2) is 4.98 Å².